The predicted octanol–water partition coefficient (Wildman–Crippen LogP) is 1.90. The number of carbonyl (C=O) groups is 1. The van der Waals surface area contributed by atoms with Gasteiger partial charge in [0.05, 0.1) is 4.90 Å². The second-order valence-corrected chi connectivity index (χ2v) is 7.09. The van der Waals surface area contributed by atoms with E-state index in [1.807, 2.05) is 11.6 Å². The van der Waals surface area contributed by atoms with E-state index in [0.29, 0.717) is 11.5 Å². The first-order chi connectivity index (χ1) is 11.0. The van der Waals surface area contributed by atoms with E-state index in [9.17, 15) is 13.2 Å². The molecule has 0 saturated heterocycles. The number of sulfonamides is 1. The molecule has 1 aliphatic rings. The van der Waals surface area contributed by atoms with Gasteiger partial charge in [-0.25, -0.2) is 13.1 Å². The largest absolute Gasteiger partial charge is 0.423 e. The highest BCUT2D eigenvalue weighted by Gasteiger charge is 2.24. The van der Waals surface area contributed by atoms with Crippen molar-refractivity contribution in [1.29, 1.82) is 0 Å². The maximum atomic E-state index is 12.3. The Morgan fingerprint density at radius 2 is 2.17 bits per heavy atom. The van der Waals surface area contributed by atoms with Crippen LogP contribution < -0.4 is 4.72 Å². The minimum absolute atomic E-state index is 0.0426. The molecule has 0 aliphatic heterocycles. The average Bonchev–Trinajstić information content (AvgIpc) is 3.22. The van der Waals surface area contributed by atoms with E-state index in [2.05, 4.69) is 10.2 Å². The van der Waals surface area contributed by atoms with Crippen LogP contribution in [0.3, 0.4) is 0 Å². The average molecular weight is 333 g/mol. The summed E-state index contributed by atoms with van der Waals surface area (Å²) in [6.07, 6.45) is 4.60. The minimum Gasteiger partial charge on any atom is -0.423 e. The van der Waals surface area contributed by atoms with Crippen LogP contribution in [0, 0.1) is 5.92 Å². The molecule has 1 aliphatic carbocycles. The Labute approximate surface area is 133 Å². The van der Waals surface area contributed by atoms with E-state index in [4.69, 9.17) is 4.42 Å². The van der Waals surface area contributed by atoms with Crippen molar-refractivity contribution in [3.8, 4) is 11.5 Å². The van der Waals surface area contributed by atoms with Gasteiger partial charge in [-0.05, 0) is 43.9 Å². The second-order valence-electron chi connectivity index (χ2n) is 5.40. The van der Waals surface area contributed by atoms with E-state index >= 15 is 0 Å². The molecule has 0 radical (unpaired) electrons. The standard InChI is InChI=1S/C15H15N3O4S/c1-10(11-5-6-11)7-14(19)18-23(20,21)13-4-2-3-12(8-13)15-17-16-9-22-15/h2-4,7-9,11H,5-6H2,1H3,(H,18,19)/b10-7-. The quantitative estimate of drug-likeness (QED) is 0.838. The molecule has 0 bridgehead atoms. The number of nitrogens with zero attached hydrogens (tertiary/aromatic N) is 2. The van der Waals surface area contributed by atoms with Crippen molar-refractivity contribution < 1.29 is 17.6 Å². The zero-order chi connectivity index (χ0) is 16.4. The zero-order valence-corrected chi connectivity index (χ0v) is 13.2. The lowest BCUT2D eigenvalue weighted by atomic mass is 10.2. The Morgan fingerprint density at radius 3 is 2.83 bits per heavy atom. The highest BCUT2D eigenvalue weighted by Crippen LogP contribution is 2.35. The Balaban J connectivity index is 1.81. The van der Waals surface area contributed by atoms with E-state index in [1.165, 1.54) is 18.2 Å². The first-order valence-corrected chi connectivity index (χ1v) is 8.55. The molecule has 1 N–H and O–H groups in total. The molecule has 2 aromatic rings. The molecular formula is C15H15N3O4S. The molecule has 8 heteroatoms. The number of amides is 1. The van der Waals surface area contributed by atoms with Crippen molar-refractivity contribution in [3.63, 3.8) is 0 Å². The van der Waals surface area contributed by atoms with Gasteiger partial charge < -0.3 is 4.42 Å². The van der Waals surface area contributed by atoms with Crippen LogP contribution in [0.2, 0.25) is 0 Å². The van der Waals surface area contributed by atoms with Gasteiger partial charge in [-0.1, -0.05) is 11.6 Å². The molecule has 1 aromatic heterocycles. The molecule has 0 unspecified atom stereocenters. The van der Waals surface area contributed by atoms with Crippen molar-refractivity contribution in [1.82, 2.24) is 14.9 Å². The minimum atomic E-state index is -3.96. The Hall–Kier alpha value is -2.48. The number of rotatable bonds is 5. The predicted molar refractivity (Wildman–Crippen MR) is 81.5 cm³/mol. The molecule has 1 saturated carbocycles. The Kier molecular flexibility index (Phi) is 3.99. The van der Waals surface area contributed by atoms with Crippen molar-refractivity contribution in [2.24, 2.45) is 5.92 Å². The summed E-state index contributed by atoms with van der Waals surface area (Å²) in [7, 11) is -3.96. The van der Waals surface area contributed by atoms with E-state index in [1.54, 1.807) is 12.1 Å². The Morgan fingerprint density at radius 1 is 1.39 bits per heavy atom. The van der Waals surface area contributed by atoms with Gasteiger partial charge in [0.1, 0.15) is 0 Å². The molecule has 3 rings (SSSR count). The van der Waals surface area contributed by atoms with Crippen LogP contribution in [-0.2, 0) is 14.8 Å². The van der Waals surface area contributed by atoms with Crippen LogP contribution in [-0.4, -0.2) is 24.5 Å². The maximum absolute atomic E-state index is 12.3. The van der Waals surface area contributed by atoms with E-state index < -0.39 is 15.9 Å². The van der Waals surface area contributed by atoms with Crippen LogP contribution in [0.5, 0.6) is 0 Å². The number of benzene rings is 1. The normalized spacial score (nSPS) is 15.4. The molecule has 23 heavy (non-hydrogen) atoms. The molecule has 0 atom stereocenters. The third-order valence-electron chi connectivity index (χ3n) is 3.57. The van der Waals surface area contributed by atoms with Crippen LogP contribution in [0.4, 0.5) is 0 Å². The molecule has 0 spiro atoms. The van der Waals surface area contributed by atoms with Crippen molar-refractivity contribution in [2.75, 3.05) is 0 Å². The van der Waals surface area contributed by atoms with Gasteiger partial charge in [-0.15, -0.1) is 10.2 Å². The summed E-state index contributed by atoms with van der Waals surface area (Å²) < 4.78 is 31.7. The van der Waals surface area contributed by atoms with Crippen LogP contribution in [0.15, 0.2) is 51.6 Å². The summed E-state index contributed by atoms with van der Waals surface area (Å²) in [5, 5.41) is 7.28. The van der Waals surface area contributed by atoms with Gasteiger partial charge in [-0.2, -0.15) is 0 Å². The lowest BCUT2D eigenvalue weighted by Gasteiger charge is -2.06. The van der Waals surface area contributed by atoms with Gasteiger partial charge in [0.15, 0.2) is 0 Å². The van der Waals surface area contributed by atoms with Gasteiger partial charge >= 0.3 is 0 Å². The fourth-order valence-electron chi connectivity index (χ4n) is 2.18. The highest BCUT2D eigenvalue weighted by atomic mass is 32.2. The fraction of sp³-hybridized carbons (Fsp3) is 0.267. The van der Waals surface area contributed by atoms with Gasteiger partial charge in [-0.3, -0.25) is 4.79 Å². The molecular weight excluding hydrogens is 318 g/mol. The van der Waals surface area contributed by atoms with Gasteiger partial charge in [0.25, 0.3) is 15.9 Å². The number of nitrogens with one attached hydrogen (secondary N) is 1. The lowest BCUT2D eigenvalue weighted by Crippen LogP contribution is -2.29. The van der Waals surface area contributed by atoms with Crippen LogP contribution >= 0.6 is 0 Å². The SMILES string of the molecule is C/C(=C/C(=O)NS(=O)(=O)c1cccc(-c2nnco2)c1)C1CC1. The van der Waals surface area contributed by atoms with Gasteiger partial charge in [0, 0.05) is 11.6 Å². The molecule has 7 nitrogen and oxygen atoms in total. The summed E-state index contributed by atoms with van der Waals surface area (Å²) in [6, 6.07) is 5.96. The molecule has 120 valence electrons. The molecule has 1 fully saturated rings. The Bertz CT molecular complexity index is 853. The number of carbonyl (C=O) groups excluding carboxylic acids is 1. The molecule has 1 amide bonds. The molecule has 1 heterocycles. The van der Waals surface area contributed by atoms with Crippen molar-refractivity contribution in [3.05, 3.63) is 42.3 Å². The first-order valence-electron chi connectivity index (χ1n) is 7.07. The van der Waals surface area contributed by atoms with E-state index in [0.717, 1.165) is 24.8 Å². The smallest absolute Gasteiger partial charge is 0.264 e. The maximum Gasteiger partial charge on any atom is 0.264 e. The number of hydrogen-bond acceptors (Lipinski definition) is 6. The monoisotopic (exact) mass is 333 g/mol. The zero-order valence-electron chi connectivity index (χ0n) is 12.4. The highest BCUT2D eigenvalue weighted by molar-refractivity contribution is 7.90. The summed E-state index contributed by atoms with van der Waals surface area (Å²) in [5.74, 6) is -0.0280. The topological polar surface area (TPSA) is 102 Å². The van der Waals surface area contributed by atoms with Crippen molar-refractivity contribution in [2.45, 2.75) is 24.7 Å². The number of aromatic nitrogens is 2. The summed E-state index contributed by atoms with van der Waals surface area (Å²) in [4.78, 5) is 11.8. The summed E-state index contributed by atoms with van der Waals surface area (Å²) >= 11 is 0. The fourth-order valence-corrected chi connectivity index (χ4v) is 3.16. The lowest BCUT2D eigenvalue weighted by molar-refractivity contribution is -0.114. The third kappa shape index (κ3) is 3.65. The first kappa shape index (κ1) is 15.4. The van der Waals surface area contributed by atoms with Crippen molar-refractivity contribution >= 4 is 15.9 Å². The number of allylic oxidation sites excluding steroid dienone is 1. The second kappa shape index (κ2) is 5.96. The molecule has 1 aromatic carbocycles. The van der Waals surface area contributed by atoms with Crippen LogP contribution in [0.25, 0.3) is 11.5 Å². The summed E-state index contributed by atoms with van der Waals surface area (Å²) in [6.45, 7) is 1.83. The summed E-state index contributed by atoms with van der Waals surface area (Å²) in [5.41, 5.74) is 1.36. The van der Waals surface area contributed by atoms with Gasteiger partial charge in [0.2, 0.25) is 12.3 Å². The third-order valence-corrected chi connectivity index (χ3v) is 4.91. The number of hydrogen-bond donors (Lipinski definition) is 1. The van der Waals surface area contributed by atoms with Crippen LogP contribution in [0.1, 0.15) is 19.8 Å². The van der Waals surface area contributed by atoms with E-state index in [-0.39, 0.29) is 10.8 Å².